The lowest BCUT2D eigenvalue weighted by Crippen LogP contribution is -2.37. The van der Waals surface area contributed by atoms with Crippen LogP contribution in [0, 0.1) is 0 Å². The largest absolute Gasteiger partial charge is 0.472 e. The molecule has 0 spiro atoms. The highest BCUT2D eigenvalue weighted by atomic mass is 31.2. The molecule has 1 amide bonds. The standard InChI is InChI=1S/C13H27N2O5P/c1-12(2)13(16)14-8-6-7-10-19-21(17,18)20-11-9-15(3,4)5/h1,6-11H2,2-5H3,(H-,14,16,17,18)/p+1. The van der Waals surface area contributed by atoms with Crippen molar-refractivity contribution >= 4 is 13.7 Å². The molecule has 7 nitrogen and oxygen atoms in total. The van der Waals surface area contributed by atoms with Crippen LogP contribution in [0.4, 0.5) is 0 Å². The van der Waals surface area contributed by atoms with Gasteiger partial charge in [0.25, 0.3) is 0 Å². The second kappa shape index (κ2) is 9.33. The average molecular weight is 323 g/mol. The van der Waals surface area contributed by atoms with Crippen molar-refractivity contribution in [1.29, 1.82) is 0 Å². The van der Waals surface area contributed by atoms with E-state index in [2.05, 4.69) is 11.9 Å². The molecule has 1 atom stereocenters. The number of likely N-dealkylation sites (N-methyl/N-ethyl adjacent to an activating group) is 1. The minimum absolute atomic E-state index is 0.112. The van der Waals surface area contributed by atoms with Gasteiger partial charge in [0.05, 0.1) is 27.7 Å². The quantitative estimate of drug-likeness (QED) is 0.259. The van der Waals surface area contributed by atoms with E-state index in [0.717, 1.165) is 0 Å². The van der Waals surface area contributed by atoms with Gasteiger partial charge in [-0.15, -0.1) is 0 Å². The predicted octanol–water partition coefficient (Wildman–Crippen LogP) is 1.30. The van der Waals surface area contributed by atoms with E-state index < -0.39 is 7.82 Å². The molecule has 0 aromatic rings. The van der Waals surface area contributed by atoms with Gasteiger partial charge in [-0.1, -0.05) is 6.58 Å². The van der Waals surface area contributed by atoms with Gasteiger partial charge in [-0.2, -0.15) is 0 Å². The third-order valence-corrected chi connectivity index (χ3v) is 3.53. The minimum atomic E-state index is -3.97. The van der Waals surface area contributed by atoms with Crippen LogP contribution in [-0.2, 0) is 18.4 Å². The van der Waals surface area contributed by atoms with Gasteiger partial charge in [-0.05, 0) is 19.8 Å². The van der Waals surface area contributed by atoms with Crippen molar-refractivity contribution in [2.24, 2.45) is 0 Å². The lowest BCUT2D eigenvalue weighted by atomic mass is 10.3. The van der Waals surface area contributed by atoms with Crippen LogP contribution >= 0.6 is 7.82 Å². The summed E-state index contributed by atoms with van der Waals surface area (Å²) >= 11 is 0. The van der Waals surface area contributed by atoms with E-state index in [1.807, 2.05) is 21.1 Å². The first-order chi connectivity index (χ1) is 9.53. The van der Waals surface area contributed by atoms with Gasteiger partial charge in [0.2, 0.25) is 5.91 Å². The molecule has 0 rings (SSSR count). The third kappa shape index (κ3) is 12.7. The topological polar surface area (TPSA) is 84.9 Å². The van der Waals surface area contributed by atoms with Crippen molar-refractivity contribution in [3.8, 4) is 0 Å². The molecular formula is C13H28N2O5P+. The number of phosphoric ester groups is 1. The summed E-state index contributed by atoms with van der Waals surface area (Å²) in [7, 11) is 1.92. The Balaban J connectivity index is 3.68. The second-order valence-corrected chi connectivity index (χ2v) is 7.35. The molecule has 124 valence electrons. The molecule has 0 saturated heterocycles. The number of hydrogen-bond acceptors (Lipinski definition) is 4. The summed E-state index contributed by atoms with van der Waals surface area (Å²) < 4.78 is 21.9. The average Bonchev–Trinajstić information content (AvgIpc) is 2.30. The first-order valence-corrected chi connectivity index (χ1v) is 8.39. The maximum absolute atomic E-state index is 11.6. The van der Waals surface area contributed by atoms with Crippen LogP contribution < -0.4 is 5.32 Å². The number of unbranched alkanes of at least 4 members (excludes halogenated alkanes) is 1. The number of amides is 1. The van der Waals surface area contributed by atoms with Crippen LogP contribution in [0.1, 0.15) is 19.8 Å². The van der Waals surface area contributed by atoms with Gasteiger partial charge in [-0.25, -0.2) is 4.57 Å². The number of carbonyl (C=O) groups excluding carboxylic acids is 1. The Bertz CT molecular complexity index is 393. The lowest BCUT2D eigenvalue weighted by Gasteiger charge is -2.24. The fraction of sp³-hybridized carbons (Fsp3) is 0.769. The molecule has 0 aliphatic rings. The maximum Gasteiger partial charge on any atom is 0.472 e. The van der Waals surface area contributed by atoms with Crippen LogP contribution in [0.15, 0.2) is 12.2 Å². The first kappa shape index (κ1) is 20.3. The van der Waals surface area contributed by atoms with E-state index in [0.29, 0.717) is 36.0 Å². The molecule has 0 fully saturated rings. The molecule has 21 heavy (non-hydrogen) atoms. The molecular weight excluding hydrogens is 295 g/mol. The summed E-state index contributed by atoms with van der Waals surface area (Å²) in [6.07, 6.45) is 1.21. The highest BCUT2D eigenvalue weighted by molar-refractivity contribution is 7.47. The van der Waals surface area contributed by atoms with E-state index in [-0.39, 0.29) is 19.1 Å². The van der Waals surface area contributed by atoms with E-state index in [1.165, 1.54) is 0 Å². The van der Waals surface area contributed by atoms with Crippen molar-refractivity contribution < 1.29 is 27.8 Å². The van der Waals surface area contributed by atoms with Crippen molar-refractivity contribution in [3.05, 3.63) is 12.2 Å². The zero-order chi connectivity index (χ0) is 16.5. The van der Waals surface area contributed by atoms with Crippen LogP contribution in [0.2, 0.25) is 0 Å². The van der Waals surface area contributed by atoms with Crippen LogP contribution in [-0.4, -0.2) is 62.7 Å². The molecule has 0 bridgehead atoms. The summed E-state index contributed by atoms with van der Waals surface area (Å²) in [5.74, 6) is -0.188. The van der Waals surface area contributed by atoms with Crippen LogP contribution in [0.25, 0.3) is 0 Å². The zero-order valence-corrected chi connectivity index (χ0v) is 14.3. The highest BCUT2D eigenvalue weighted by Gasteiger charge is 2.21. The molecule has 0 aliphatic heterocycles. The molecule has 1 unspecified atom stereocenters. The van der Waals surface area contributed by atoms with E-state index in [9.17, 15) is 14.3 Å². The van der Waals surface area contributed by atoms with E-state index in [4.69, 9.17) is 9.05 Å². The van der Waals surface area contributed by atoms with Crippen molar-refractivity contribution in [2.45, 2.75) is 19.8 Å². The third-order valence-electron chi connectivity index (χ3n) is 2.52. The molecule has 0 aromatic carbocycles. The van der Waals surface area contributed by atoms with Gasteiger partial charge >= 0.3 is 7.82 Å². The van der Waals surface area contributed by atoms with Crippen molar-refractivity contribution in [1.82, 2.24) is 5.32 Å². The number of rotatable bonds is 11. The molecule has 0 heterocycles. The maximum atomic E-state index is 11.6. The lowest BCUT2D eigenvalue weighted by molar-refractivity contribution is -0.870. The molecule has 2 N–H and O–H groups in total. The molecule has 0 aliphatic carbocycles. The van der Waals surface area contributed by atoms with Gasteiger partial charge in [0.15, 0.2) is 0 Å². The number of hydrogen-bond donors (Lipinski definition) is 2. The summed E-state index contributed by atoms with van der Waals surface area (Å²) in [4.78, 5) is 20.6. The smallest absolute Gasteiger partial charge is 0.352 e. The number of nitrogens with zero attached hydrogens (tertiary/aromatic N) is 1. The van der Waals surface area contributed by atoms with Crippen LogP contribution in [0.3, 0.4) is 0 Å². The number of nitrogens with one attached hydrogen (secondary N) is 1. The monoisotopic (exact) mass is 323 g/mol. The minimum Gasteiger partial charge on any atom is -0.352 e. The van der Waals surface area contributed by atoms with Crippen LogP contribution in [0.5, 0.6) is 0 Å². The SMILES string of the molecule is C=C(C)C(=O)NCCCCOP(=O)(O)OCC[N+](C)(C)C. The summed E-state index contributed by atoms with van der Waals surface area (Å²) in [6.45, 7) is 6.52. The number of phosphoric acid groups is 1. The fourth-order valence-electron chi connectivity index (χ4n) is 1.23. The molecule has 0 aromatic heterocycles. The predicted molar refractivity (Wildman–Crippen MR) is 81.7 cm³/mol. The zero-order valence-electron chi connectivity index (χ0n) is 13.4. The van der Waals surface area contributed by atoms with E-state index in [1.54, 1.807) is 6.92 Å². The van der Waals surface area contributed by atoms with Gasteiger partial charge < -0.3 is 14.7 Å². The molecule has 8 heteroatoms. The molecule has 0 radical (unpaired) electrons. The second-order valence-electron chi connectivity index (χ2n) is 5.89. The fourth-order valence-corrected chi connectivity index (χ4v) is 1.97. The summed E-state index contributed by atoms with van der Waals surface area (Å²) in [5.41, 5.74) is 0.455. The summed E-state index contributed by atoms with van der Waals surface area (Å²) in [5, 5.41) is 2.67. The Labute approximate surface area is 127 Å². The Hall–Kier alpha value is -0.720. The Kier molecular flexibility index (Phi) is 9.01. The molecule has 0 saturated carbocycles. The number of quaternary nitrogens is 1. The Morgan fingerprint density at radius 3 is 2.33 bits per heavy atom. The van der Waals surface area contributed by atoms with Gasteiger partial charge in [0, 0.05) is 12.1 Å². The van der Waals surface area contributed by atoms with Crippen molar-refractivity contribution in [2.75, 3.05) is 47.4 Å². The Morgan fingerprint density at radius 2 is 1.81 bits per heavy atom. The van der Waals surface area contributed by atoms with Crippen molar-refractivity contribution in [3.63, 3.8) is 0 Å². The van der Waals surface area contributed by atoms with Gasteiger partial charge in [-0.3, -0.25) is 13.8 Å². The Morgan fingerprint density at radius 1 is 1.24 bits per heavy atom. The summed E-state index contributed by atoms with van der Waals surface area (Å²) in [6, 6.07) is 0. The van der Waals surface area contributed by atoms with E-state index >= 15 is 0 Å². The normalized spacial score (nSPS) is 14.5. The highest BCUT2D eigenvalue weighted by Crippen LogP contribution is 2.43. The first-order valence-electron chi connectivity index (χ1n) is 6.89. The van der Waals surface area contributed by atoms with Gasteiger partial charge in [0.1, 0.15) is 13.2 Å². The number of carbonyl (C=O) groups is 1.